The Labute approximate surface area is 69.4 Å². The van der Waals surface area contributed by atoms with Gasteiger partial charge in [-0.05, 0) is 33.7 Å². The molecule has 0 radical (unpaired) electrons. The fraction of sp³-hybridized carbons (Fsp3) is 0.778. The van der Waals surface area contributed by atoms with E-state index >= 15 is 0 Å². The zero-order valence-corrected chi connectivity index (χ0v) is 7.76. The Bertz CT molecular complexity index is 119. The summed E-state index contributed by atoms with van der Waals surface area (Å²) in [6.45, 7) is 7.60. The molecule has 0 aliphatic carbocycles. The first-order valence-corrected chi connectivity index (χ1v) is 4.14. The summed E-state index contributed by atoms with van der Waals surface area (Å²) in [5, 5.41) is 0. The highest BCUT2D eigenvalue weighted by Gasteiger charge is 1.93. The third kappa shape index (κ3) is 7.56. The summed E-state index contributed by atoms with van der Waals surface area (Å²) in [4.78, 5) is 0. The van der Waals surface area contributed by atoms with Crippen LogP contribution in [0, 0.1) is 0 Å². The summed E-state index contributed by atoms with van der Waals surface area (Å²) in [5.74, 6) is 0. The minimum atomic E-state index is 0.316. The van der Waals surface area contributed by atoms with Crippen molar-refractivity contribution < 1.29 is 4.74 Å². The maximum Gasteiger partial charge on any atom is 0.0677 e. The van der Waals surface area contributed by atoms with Crippen molar-refractivity contribution in [2.24, 2.45) is 5.73 Å². The molecule has 0 aromatic heterocycles. The maximum absolute atomic E-state index is 5.39. The number of nitrogens with two attached hydrogens (primary N) is 1. The van der Waals surface area contributed by atoms with Gasteiger partial charge in [0.15, 0.2) is 0 Å². The van der Waals surface area contributed by atoms with E-state index in [-0.39, 0.29) is 0 Å². The quantitative estimate of drug-likeness (QED) is 0.616. The molecule has 2 nitrogen and oxygen atoms in total. The van der Waals surface area contributed by atoms with Crippen LogP contribution in [0.5, 0.6) is 0 Å². The Morgan fingerprint density at radius 1 is 1.55 bits per heavy atom. The lowest BCUT2D eigenvalue weighted by molar-refractivity contribution is 0.0972. The lowest BCUT2D eigenvalue weighted by Crippen LogP contribution is -2.05. The highest BCUT2D eigenvalue weighted by atomic mass is 16.5. The molecule has 2 heteroatoms. The molecule has 0 heterocycles. The number of hydrogen-bond donors (Lipinski definition) is 1. The van der Waals surface area contributed by atoms with Gasteiger partial charge in [0.25, 0.3) is 0 Å². The van der Waals surface area contributed by atoms with Crippen molar-refractivity contribution in [1.29, 1.82) is 0 Å². The first-order chi connectivity index (χ1) is 5.16. The van der Waals surface area contributed by atoms with Crippen LogP contribution >= 0.6 is 0 Å². The maximum atomic E-state index is 5.39. The van der Waals surface area contributed by atoms with Gasteiger partial charge < -0.3 is 10.5 Å². The summed E-state index contributed by atoms with van der Waals surface area (Å²) in [6, 6.07) is 0. The molecular weight excluding hydrogens is 138 g/mol. The first kappa shape index (κ1) is 10.7. The highest BCUT2D eigenvalue weighted by Crippen LogP contribution is 1.98. The van der Waals surface area contributed by atoms with Crippen LogP contribution < -0.4 is 5.73 Å². The van der Waals surface area contributed by atoms with E-state index in [4.69, 9.17) is 10.5 Å². The van der Waals surface area contributed by atoms with Crippen LogP contribution in [0.1, 0.15) is 27.2 Å². The molecule has 0 bridgehead atoms. The Kier molecular flexibility index (Phi) is 6.18. The van der Waals surface area contributed by atoms with E-state index in [1.807, 2.05) is 13.8 Å². The van der Waals surface area contributed by atoms with Gasteiger partial charge in [-0.1, -0.05) is 11.6 Å². The van der Waals surface area contributed by atoms with Crippen molar-refractivity contribution in [3.05, 3.63) is 11.6 Å². The Morgan fingerprint density at radius 2 is 2.18 bits per heavy atom. The molecule has 0 saturated heterocycles. The van der Waals surface area contributed by atoms with E-state index < -0.39 is 0 Å². The largest absolute Gasteiger partial charge is 0.374 e. The zero-order chi connectivity index (χ0) is 8.69. The van der Waals surface area contributed by atoms with Gasteiger partial charge in [-0.3, -0.25) is 0 Å². The lowest BCUT2D eigenvalue weighted by atomic mass is 10.2. The third-order valence-corrected chi connectivity index (χ3v) is 1.30. The van der Waals surface area contributed by atoms with E-state index in [2.05, 4.69) is 13.0 Å². The molecule has 0 fully saturated rings. The molecule has 0 atom stereocenters. The smallest absolute Gasteiger partial charge is 0.0677 e. The zero-order valence-electron chi connectivity index (χ0n) is 7.76. The average molecular weight is 157 g/mol. The first-order valence-electron chi connectivity index (χ1n) is 4.14. The summed E-state index contributed by atoms with van der Waals surface area (Å²) in [7, 11) is 0. The van der Waals surface area contributed by atoms with Crippen molar-refractivity contribution in [3.63, 3.8) is 0 Å². The van der Waals surface area contributed by atoms with Crippen LogP contribution in [0.15, 0.2) is 11.6 Å². The second kappa shape index (κ2) is 6.38. The van der Waals surface area contributed by atoms with E-state index in [0.717, 1.165) is 19.6 Å². The van der Waals surface area contributed by atoms with Gasteiger partial charge in [0, 0.05) is 0 Å². The van der Waals surface area contributed by atoms with Crippen molar-refractivity contribution in [1.82, 2.24) is 0 Å². The molecule has 0 rings (SSSR count). The van der Waals surface area contributed by atoms with Crippen LogP contribution in [0.4, 0.5) is 0 Å². The van der Waals surface area contributed by atoms with Crippen molar-refractivity contribution in [3.8, 4) is 0 Å². The van der Waals surface area contributed by atoms with Crippen molar-refractivity contribution in [2.75, 3.05) is 13.2 Å². The van der Waals surface area contributed by atoms with Crippen molar-refractivity contribution in [2.45, 2.75) is 33.3 Å². The molecule has 0 unspecified atom stereocenters. The Balaban J connectivity index is 3.42. The molecule has 0 aromatic carbocycles. The van der Waals surface area contributed by atoms with E-state index in [1.54, 1.807) is 0 Å². The minimum absolute atomic E-state index is 0.316. The van der Waals surface area contributed by atoms with Gasteiger partial charge in [0.05, 0.1) is 12.7 Å². The molecule has 0 aliphatic heterocycles. The lowest BCUT2D eigenvalue weighted by Gasteiger charge is -2.06. The Hall–Kier alpha value is -0.340. The summed E-state index contributed by atoms with van der Waals surface area (Å²) >= 11 is 0. The van der Waals surface area contributed by atoms with Gasteiger partial charge in [0.1, 0.15) is 0 Å². The van der Waals surface area contributed by atoms with Crippen LogP contribution in [0.25, 0.3) is 0 Å². The van der Waals surface area contributed by atoms with Gasteiger partial charge in [-0.2, -0.15) is 0 Å². The standard InChI is InChI=1S/C9H19NO/c1-8(2)11-7-9(3)5-4-6-10/h5,8H,4,6-7,10H2,1-3H3. The highest BCUT2D eigenvalue weighted by molar-refractivity contribution is 4.98. The molecule has 0 amide bonds. The predicted molar refractivity (Wildman–Crippen MR) is 48.5 cm³/mol. The van der Waals surface area contributed by atoms with Gasteiger partial charge in [-0.15, -0.1) is 0 Å². The minimum Gasteiger partial charge on any atom is -0.374 e. The molecule has 0 aromatic rings. The number of rotatable bonds is 5. The fourth-order valence-electron chi connectivity index (χ4n) is 0.687. The van der Waals surface area contributed by atoms with Crippen molar-refractivity contribution >= 4 is 0 Å². The van der Waals surface area contributed by atoms with Crippen LogP contribution in [0.2, 0.25) is 0 Å². The predicted octanol–water partition coefficient (Wildman–Crippen LogP) is 1.71. The Morgan fingerprint density at radius 3 is 2.64 bits per heavy atom. The van der Waals surface area contributed by atoms with E-state index in [0.29, 0.717) is 6.10 Å². The van der Waals surface area contributed by atoms with Gasteiger partial charge in [-0.25, -0.2) is 0 Å². The third-order valence-electron chi connectivity index (χ3n) is 1.30. The molecular formula is C9H19NO. The second-order valence-electron chi connectivity index (χ2n) is 2.99. The van der Waals surface area contributed by atoms with Gasteiger partial charge in [0.2, 0.25) is 0 Å². The fourth-order valence-corrected chi connectivity index (χ4v) is 0.687. The molecule has 11 heavy (non-hydrogen) atoms. The summed E-state index contributed by atoms with van der Waals surface area (Å²) < 4.78 is 5.39. The van der Waals surface area contributed by atoms with Gasteiger partial charge >= 0.3 is 0 Å². The monoisotopic (exact) mass is 157 g/mol. The number of hydrogen-bond acceptors (Lipinski definition) is 2. The molecule has 0 saturated carbocycles. The normalized spacial score (nSPS) is 12.6. The second-order valence-corrected chi connectivity index (χ2v) is 2.99. The van der Waals surface area contributed by atoms with E-state index in [1.165, 1.54) is 5.57 Å². The molecule has 2 N–H and O–H groups in total. The average Bonchev–Trinajstić information content (AvgIpc) is 1.97. The molecule has 0 spiro atoms. The summed E-state index contributed by atoms with van der Waals surface area (Å²) in [6.07, 6.45) is 3.39. The van der Waals surface area contributed by atoms with Crippen LogP contribution in [-0.2, 0) is 4.74 Å². The summed E-state index contributed by atoms with van der Waals surface area (Å²) in [5.41, 5.74) is 6.62. The molecule has 0 aliphatic rings. The van der Waals surface area contributed by atoms with Crippen LogP contribution in [-0.4, -0.2) is 19.3 Å². The van der Waals surface area contributed by atoms with E-state index in [9.17, 15) is 0 Å². The molecule has 66 valence electrons. The SMILES string of the molecule is CC(=CCCN)COC(C)C. The number of ether oxygens (including phenoxy) is 1. The topological polar surface area (TPSA) is 35.2 Å². The van der Waals surface area contributed by atoms with Crippen LogP contribution in [0.3, 0.4) is 0 Å².